The number of amides is 1. The summed E-state index contributed by atoms with van der Waals surface area (Å²) in [6, 6.07) is 15.5. The number of fused-ring (bicyclic) bond motifs is 1. The molecular formula is C22H19N7OS. The number of nitrogens with zero attached hydrogens (tertiary/aromatic N) is 6. The summed E-state index contributed by atoms with van der Waals surface area (Å²) in [4.78, 5) is 18.9. The standard InChI is InChI=1S/C22H19N7OS/c1-14-20-17(11-18(19-9-6-10-31-19)24-21(20)28(2)26-14)22(30)23-12-15-13-29(27-25-15)16-7-4-3-5-8-16/h3-11,13H,12H2,1-2H3,(H,23,30). The smallest absolute Gasteiger partial charge is 0.252 e. The molecule has 0 bridgehead atoms. The van der Waals surface area contributed by atoms with Crippen molar-refractivity contribution in [1.82, 2.24) is 35.1 Å². The lowest BCUT2D eigenvalue weighted by Gasteiger charge is -2.08. The SMILES string of the molecule is Cc1nn(C)c2nc(-c3cccs3)cc(C(=O)NCc3cn(-c4ccccc4)nn3)c12. The third-order valence-corrected chi connectivity index (χ3v) is 5.87. The van der Waals surface area contributed by atoms with E-state index in [9.17, 15) is 4.79 Å². The summed E-state index contributed by atoms with van der Waals surface area (Å²) in [6.07, 6.45) is 1.81. The molecule has 0 fully saturated rings. The molecule has 1 amide bonds. The van der Waals surface area contributed by atoms with E-state index in [0.29, 0.717) is 16.9 Å². The summed E-state index contributed by atoms with van der Waals surface area (Å²) in [6.45, 7) is 2.15. The first-order chi connectivity index (χ1) is 15.1. The maximum Gasteiger partial charge on any atom is 0.252 e. The molecule has 0 saturated carbocycles. The molecule has 31 heavy (non-hydrogen) atoms. The largest absolute Gasteiger partial charge is 0.346 e. The molecule has 154 valence electrons. The van der Waals surface area contributed by atoms with Crippen LogP contribution in [0.2, 0.25) is 0 Å². The molecule has 5 rings (SSSR count). The Kier molecular flexibility index (Phi) is 4.79. The van der Waals surface area contributed by atoms with Gasteiger partial charge in [0.15, 0.2) is 5.65 Å². The van der Waals surface area contributed by atoms with Gasteiger partial charge in [-0.2, -0.15) is 5.10 Å². The second-order valence-electron chi connectivity index (χ2n) is 7.11. The van der Waals surface area contributed by atoms with Gasteiger partial charge in [0.1, 0.15) is 5.69 Å². The minimum atomic E-state index is -0.199. The molecule has 0 aliphatic heterocycles. The minimum Gasteiger partial charge on any atom is -0.346 e. The second-order valence-corrected chi connectivity index (χ2v) is 8.06. The number of hydrogen-bond donors (Lipinski definition) is 1. The average molecular weight is 430 g/mol. The van der Waals surface area contributed by atoms with Crippen LogP contribution in [0.4, 0.5) is 0 Å². The molecule has 0 aliphatic carbocycles. The van der Waals surface area contributed by atoms with Gasteiger partial charge in [0, 0.05) is 7.05 Å². The van der Waals surface area contributed by atoms with E-state index in [-0.39, 0.29) is 12.5 Å². The summed E-state index contributed by atoms with van der Waals surface area (Å²) in [5.74, 6) is -0.199. The number of nitrogens with one attached hydrogen (secondary N) is 1. The van der Waals surface area contributed by atoms with Crippen molar-refractivity contribution >= 4 is 28.3 Å². The molecule has 1 aromatic carbocycles. The van der Waals surface area contributed by atoms with Gasteiger partial charge in [-0.15, -0.1) is 16.4 Å². The van der Waals surface area contributed by atoms with Crippen LogP contribution < -0.4 is 5.32 Å². The van der Waals surface area contributed by atoms with Gasteiger partial charge in [-0.3, -0.25) is 9.48 Å². The van der Waals surface area contributed by atoms with E-state index in [1.165, 1.54) is 0 Å². The number of thiophene rings is 1. The van der Waals surface area contributed by atoms with Crippen LogP contribution in [0.15, 0.2) is 60.1 Å². The first-order valence-corrected chi connectivity index (χ1v) is 10.6. The van der Waals surface area contributed by atoms with Crippen molar-refractivity contribution < 1.29 is 4.79 Å². The number of aromatic nitrogens is 6. The summed E-state index contributed by atoms with van der Waals surface area (Å²) >= 11 is 1.58. The number of rotatable bonds is 5. The van der Waals surface area contributed by atoms with Crippen molar-refractivity contribution in [2.24, 2.45) is 7.05 Å². The van der Waals surface area contributed by atoms with Crippen molar-refractivity contribution in [3.8, 4) is 16.3 Å². The summed E-state index contributed by atoms with van der Waals surface area (Å²) < 4.78 is 3.40. The average Bonchev–Trinajstić information content (AvgIpc) is 3.54. The zero-order chi connectivity index (χ0) is 21.4. The van der Waals surface area contributed by atoms with Crippen molar-refractivity contribution in [3.63, 3.8) is 0 Å². The first kappa shape index (κ1) is 19.1. The topological polar surface area (TPSA) is 90.5 Å². The van der Waals surface area contributed by atoms with Crippen LogP contribution in [-0.4, -0.2) is 35.7 Å². The Morgan fingerprint density at radius 2 is 2.00 bits per heavy atom. The highest BCUT2D eigenvalue weighted by Crippen LogP contribution is 2.29. The number of carbonyl (C=O) groups is 1. The van der Waals surface area contributed by atoms with Gasteiger partial charge in [0.05, 0.1) is 45.6 Å². The molecule has 5 aromatic rings. The van der Waals surface area contributed by atoms with E-state index in [2.05, 4.69) is 20.7 Å². The number of para-hydroxylation sites is 1. The fourth-order valence-electron chi connectivity index (χ4n) is 3.53. The van der Waals surface area contributed by atoms with Gasteiger partial charge >= 0.3 is 0 Å². The Labute approximate surface area is 182 Å². The quantitative estimate of drug-likeness (QED) is 0.462. The fraction of sp³-hybridized carbons (Fsp3) is 0.136. The molecule has 4 aromatic heterocycles. The van der Waals surface area contributed by atoms with Gasteiger partial charge in [-0.25, -0.2) is 9.67 Å². The van der Waals surface area contributed by atoms with Crippen LogP contribution in [-0.2, 0) is 13.6 Å². The molecule has 0 atom stereocenters. The normalized spacial score (nSPS) is 11.2. The number of aryl methyl sites for hydroxylation is 2. The number of benzene rings is 1. The van der Waals surface area contributed by atoms with E-state index in [0.717, 1.165) is 27.3 Å². The Morgan fingerprint density at radius 3 is 2.77 bits per heavy atom. The number of hydrogen-bond acceptors (Lipinski definition) is 6. The molecule has 9 heteroatoms. The Morgan fingerprint density at radius 1 is 1.16 bits per heavy atom. The zero-order valence-corrected chi connectivity index (χ0v) is 17.8. The van der Waals surface area contributed by atoms with Crippen molar-refractivity contribution in [3.05, 3.63) is 77.1 Å². The molecule has 0 aliphatic rings. The first-order valence-electron chi connectivity index (χ1n) is 9.73. The summed E-state index contributed by atoms with van der Waals surface area (Å²) in [5, 5.41) is 18.5. The second kappa shape index (κ2) is 7.77. The Hall–Kier alpha value is -3.85. The molecule has 0 spiro atoms. The molecule has 0 saturated heterocycles. The highest BCUT2D eigenvalue weighted by molar-refractivity contribution is 7.13. The number of carbonyl (C=O) groups excluding carboxylic acids is 1. The predicted octanol–water partition coefficient (Wildman–Crippen LogP) is 3.52. The lowest BCUT2D eigenvalue weighted by molar-refractivity contribution is 0.0952. The van der Waals surface area contributed by atoms with Crippen LogP contribution in [0.3, 0.4) is 0 Å². The monoisotopic (exact) mass is 429 g/mol. The van der Waals surface area contributed by atoms with Gasteiger partial charge in [0.25, 0.3) is 5.91 Å². The third kappa shape index (κ3) is 3.59. The Balaban J connectivity index is 1.44. The van der Waals surface area contributed by atoms with E-state index in [1.807, 2.05) is 74.1 Å². The van der Waals surface area contributed by atoms with Crippen LogP contribution in [0.1, 0.15) is 21.7 Å². The van der Waals surface area contributed by atoms with Gasteiger partial charge in [0.2, 0.25) is 0 Å². The molecule has 0 radical (unpaired) electrons. The summed E-state index contributed by atoms with van der Waals surface area (Å²) in [7, 11) is 1.84. The van der Waals surface area contributed by atoms with Crippen molar-refractivity contribution in [1.29, 1.82) is 0 Å². The molecular weight excluding hydrogens is 410 g/mol. The lowest BCUT2D eigenvalue weighted by Crippen LogP contribution is -2.23. The fourth-order valence-corrected chi connectivity index (χ4v) is 4.21. The predicted molar refractivity (Wildman–Crippen MR) is 119 cm³/mol. The molecule has 4 heterocycles. The highest BCUT2D eigenvalue weighted by atomic mass is 32.1. The molecule has 1 N–H and O–H groups in total. The maximum absolute atomic E-state index is 13.2. The Bertz CT molecular complexity index is 1370. The van der Waals surface area contributed by atoms with E-state index in [4.69, 9.17) is 4.98 Å². The third-order valence-electron chi connectivity index (χ3n) is 4.98. The van der Waals surface area contributed by atoms with Gasteiger partial charge in [-0.1, -0.05) is 29.5 Å². The van der Waals surface area contributed by atoms with Crippen LogP contribution in [0, 0.1) is 6.92 Å². The van der Waals surface area contributed by atoms with E-state index >= 15 is 0 Å². The minimum absolute atomic E-state index is 0.199. The molecule has 8 nitrogen and oxygen atoms in total. The summed E-state index contributed by atoms with van der Waals surface area (Å²) in [5.41, 5.74) is 4.34. The van der Waals surface area contributed by atoms with Crippen LogP contribution in [0.25, 0.3) is 27.3 Å². The zero-order valence-electron chi connectivity index (χ0n) is 17.0. The van der Waals surface area contributed by atoms with Crippen molar-refractivity contribution in [2.45, 2.75) is 13.5 Å². The van der Waals surface area contributed by atoms with E-state index in [1.54, 1.807) is 20.7 Å². The van der Waals surface area contributed by atoms with E-state index < -0.39 is 0 Å². The molecule has 0 unspecified atom stereocenters. The number of pyridine rings is 1. The van der Waals surface area contributed by atoms with Gasteiger partial charge < -0.3 is 5.32 Å². The highest BCUT2D eigenvalue weighted by Gasteiger charge is 2.19. The van der Waals surface area contributed by atoms with Crippen LogP contribution >= 0.6 is 11.3 Å². The maximum atomic E-state index is 13.2. The van der Waals surface area contributed by atoms with Gasteiger partial charge in [-0.05, 0) is 36.6 Å². The van der Waals surface area contributed by atoms with Crippen molar-refractivity contribution in [2.75, 3.05) is 0 Å². The van der Waals surface area contributed by atoms with Crippen LogP contribution in [0.5, 0.6) is 0 Å². The lowest BCUT2D eigenvalue weighted by atomic mass is 10.1.